The number of fused-ring (bicyclic) bond motifs is 2. The molecule has 1 aromatic heterocycles. The number of aromatic amines is 1. The number of H-pyrrole nitrogens is 1. The van der Waals surface area contributed by atoms with Gasteiger partial charge < -0.3 is 20.1 Å². The number of rotatable bonds is 5. The fourth-order valence-corrected chi connectivity index (χ4v) is 4.40. The number of hydrogen-bond donors (Lipinski definition) is 3. The van der Waals surface area contributed by atoms with Gasteiger partial charge in [-0.1, -0.05) is 35.9 Å². The zero-order chi connectivity index (χ0) is 21.3. The Balaban J connectivity index is 1.56. The first-order chi connectivity index (χ1) is 14.4. The van der Waals surface area contributed by atoms with Crippen LogP contribution in [0, 0.1) is 0 Å². The molecular weight excluding hydrogens is 404 g/mol. The lowest BCUT2D eigenvalue weighted by molar-refractivity contribution is -0.150. The number of ether oxygens (including phenoxy) is 1. The molecule has 1 aliphatic carbocycles. The molecule has 0 aliphatic heterocycles. The number of aromatic nitrogens is 1. The molecule has 1 aliphatic rings. The highest BCUT2D eigenvalue weighted by molar-refractivity contribution is 6.31. The number of aliphatic hydroxyl groups is 1. The number of carbonyl (C=O) groups excluding carboxylic acids is 2. The molecular formula is C23H23ClN2O4. The Morgan fingerprint density at radius 1 is 1.27 bits per heavy atom. The molecule has 0 bridgehead atoms. The minimum Gasteiger partial charge on any atom is -0.466 e. The van der Waals surface area contributed by atoms with Gasteiger partial charge in [0, 0.05) is 28.4 Å². The summed E-state index contributed by atoms with van der Waals surface area (Å²) < 4.78 is 5.05. The van der Waals surface area contributed by atoms with E-state index in [1.165, 1.54) is 0 Å². The van der Waals surface area contributed by atoms with Crippen molar-refractivity contribution in [2.45, 2.75) is 37.8 Å². The summed E-state index contributed by atoms with van der Waals surface area (Å²) >= 11 is 6.03. The summed E-state index contributed by atoms with van der Waals surface area (Å²) in [4.78, 5) is 28.1. The largest absolute Gasteiger partial charge is 0.466 e. The van der Waals surface area contributed by atoms with Crippen molar-refractivity contribution in [2.75, 3.05) is 6.61 Å². The average Bonchev–Trinajstić information content (AvgIpc) is 3.11. The molecule has 7 heteroatoms. The molecule has 0 saturated heterocycles. The van der Waals surface area contributed by atoms with Crippen LogP contribution in [0.4, 0.5) is 0 Å². The van der Waals surface area contributed by atoms with Crippen LogP contribution in [0.3, 0.4) is 0 Å². The molecule has 1 unspecified atom stereocenters. The van der Waals surface area contributed by atoms with Crippen LogP contribution in [-0.4, -0.2) is 34.6 Å². The summed E-state index contributed by atoms with van der Waals surface area (Å²) in [5.41, 5.74) is 1.46. The number of benzene rings is 2. The van der Waals surface area contributed by atoms with Gasteiger partial charge in [0.05, 0.1) is 13.0 Å². The Morgan fingerprint density at radius 3 is 2.87 bits per heavy atom. The molecule has 30 heavy (non-hydrogen) atoms. The summed E-state index contributed by atoms with van der Waals surface area (Å²) in [6, 6.07) is 14.2. The molecule has 0 fully saturated rings. The summed E-state index contributed by atoms with van der Waals surface area (Å²) in [6.45, 7) is 1.98. The predicted molar refractivity (Wildman–Crippen MR) is 114 cm³/mol. The molecule has 0 radical (unpaired) electrons. The van der Waals surface area contributed by atoms with Gasteiger partial charge in [-0.15, -0.1) is 0 Å². The molecule has 6 nitrogen and oxygen atoms in total. The lowest BCUT2D eigenvalue weighted by Crippen LogP contribution is -2.47. The van der Waals surface area contributed by atoms with E-state index in [1.54, 1.807) is 25.1 Å². The highest BCUT2D eigenvalue weighted by atomic mass is 35.5. The van der Waals surface area contributed by atoms with Gasteiger partial charge in [0.2, 0.25) is 0 Å². The molecule has 3 aromatic rings. The van der Waals surface area contributed by atoms with E-state index in [-0.39, 0.29) is 31.4 Å². The summed E-state index contributed by atoms with van der Waals surface area (Å²) in [5, 5.41) is 15.8. The van der Waals surface area contributed by atoms with Gasteiger partial charge in [-0.3, -0.25) is 9.59 Å². The van der Waals surface area contributed by atoms with Gasteiger partial charge in [-0.2, -0.15) is 0 Å². The first kappa shape index (κ1) is 20.4. The third-order valence-electron chi connectivity index (χ3n) is 5.47. The van der Waals surface area contributed by atoms with Crippen LogP contribution in [0.15, 0.2) is 48.5 Å². The fraction of sp³-hybridized carbons (Fsp3) is 0.304. The zero-order valence-electron chi connectivity index (χ0n) is 16.6. The van der Waals surface area contributed by atoms with Crippen LogP contribution < -0.4 is 5.32 Å². The topological polar surface area (TPSA) is 91.4 Å². The lowest BCUT2D eigenvalue weighted by atomic mass is 9.75. The highest BCUT2D eigenvalue weighted by Crippen LogP contribution is 2.38. The predicted octanol–water partition coefficient (Wildman–Crippen LogP) is 3.71. The van der Waals surface area contributed by atoms with Crippen LogP contribution >= 0.6 is 11.6 Å². The van der Waals surface area contributed by atoms with Crippen LogP contribution in [0.1, 0.15) is 41.4 Å². The van der Waals surface area contributed by atoms with Gasteiger partial charge in [-0.05, 0) is 48.7 Å². The van der Waals surface area contributed by atoms with Gasteiger partial charge >= 0.3 is 5.97 Å². The minimum absolute atomic E-state index is 0.158. The standard InChI is InChI=1S/C23H23ClN2O4/c1-2-30-21(27)13-23(29)12-17(10-14-5-3-4-6-18(14)23)25-22(28)20-11-15-9-16(24)7-8-19(15)26-20/h3-9,11,17,26,29H,2,10,12-13H2,1H3,(H,25,28)/t17?,23-/m0/s1. The van der Waals surface area contributed by atoms with Crippen molar-refractivity contribution in [3.8, 4) is 0 Å². The maximum absolute atomic E-state index is 12.9. The van der Waals surface area contributed by atoms with Crippen LogP contribution in [0.5, 0.6) is 0 Å². The first-order valence-corrected chi connectivity index (χ1v) is 10.3. The monoisotopic (exact) mass is 426 g/mol. The lowest BCUT2D eigenvalue weighted by Gasteiger charge is -2.38. The van der Waals surface area contributed by atoms with Crippen LogP contribution in [0.25, 0.3) is 10.9 Å². The molecule has 1 heterocycles. The van der Waals surface area contributed by atoms with E-state index in [4.69, 9.17) is 16.3 Å². The van der Waals surface area contributed by atoms with Crippen molar-refractivity contribution in [2.24, 2.45) is 0 Å². The fourth-order valence-electron chi connectivity index (χ4n) is 4.22. The summed E-state index contributed by atoms with van der Waals surface area (Å²) in [5.74, 6) is -0.737. The molecule has 1 amide bonds. The Morgan fingerprint density at radius 2 is 2.07 bits per heavy atom. The van der Waals surface area contributed by atoms with E-state index in [1.807, 2.05) is 30.3 Å². The van der Waals surface area contributed by atoms with Gasteiger partial charge in [-0.25, -0.2) is 0 Å². The third kappa shape index (κ3) is 4.06. The second kappa shape index (κ2) is 8.13. The zero-order valence-corrected chi connectivity index (χ0v) is 17.3. The second-order valence-corrected chi connectivity index (χ2v) is 8.10. The molecule has 0 spiro atoms. The SMILES string of the molecule is CCOC(=O)C[C@@]1(O)CC(NC(=O)c2cc3cc(Cl)ccc3[nH]2)Cc2ccccc21. The average molecular weight is 427 g/mol. The summed E-state index contributed by atoms with van der Waals surface area (Å²) in [6.07, 6.45) is 0.634. The van der Waals surface area contributed by atoms with Crippen molar-refractivity contribution in [3.05, 3.63) is 70.4 Å². The summed E-state index contributed by atoms with van der Waals surface area (Å²) in [7, 11) is 0. The number of amides is 1. The third-order valence-corrected chi connectivity index (χ3v) is 5.71. The van der Waals surface area contributed by atoms with E-state index in [9.17, 15) is 14.7 Å². The molecule has 2 atom stereocenters. The Hall–Kier alpha value is -2.83. The van der Waals surface area contributed by atoms with Crippen molar-refractivity contribution in [1.82, 2.24) is 10.3 Å². The molecule has 2 aromatic carbocycles. The first-order valence-electron chi connectivity index (χ1n) is 9.93. The second-order valence-electron chi connectivity index (χ2n) is 7.66. The van der Waals surface area contributed by atoms with E-state index in [0.29, 0.717) is 22.7 Å². The number of hydrogen-bond acceptors (Lipinski definition) is 4. The molecule has 4 rings (SSSR count). The van der Waals surface area contributed by atoms with Gasteiger partial charge in [0.25, 0.3) is 5.91 Å². The van der Waals surface area contributed by atoms with Crippen LogP contribution in [0.2, 0.25) is 5.02 Å². The molecule has 156 valence electrons. The van der Waals surface area contributed by atoms with E-state index >= 15 is 0 Å². The van der Waals surface area contributed by atoms with Crippen molar-refractivity contribution in [1.29, 1.82) is 0 Å². The maximum Gasteiger partial charge on any atom is 0.309 e. The van der Waals surface area contributed by atoms with Gasteiger partial charge in [0.1, 0.15) is 11.3 Å². The smallest absolute Gasteiger partial charge is 0.309 e. The normalized spacial score (nSPS) is 20.6. The van der Waals surface area contributed by atoms with Crippen molar-refractivity contribution >= 4 is 34.4 Å². The quantitative estimate of drug-likeness (QED) is 0.542. The van der Waals surface area contributed by atoms with Crippen molar-refractivity contribution < 1.29 is 19.4 Å². The van der Waals surface area contributed by atoms with E-state index < -0.39 is 11.6 Å². The van der Waals surface area contributed by atoms with Crippen molar-refractivity contribution in [3.63, 3.8) is 0 Å². The van der Waals surface area contributed by atoms with Crippen LogP contribution in [-0.2, 0) is 21.6 Å². The number of esters is 1. The highest BCUT2D eigenvalue weighted by Gasteiger charge is 2.41. The van der Waals surface area contributed by atoms with E-state index in [2.05, 4.69) is 10.3 Å². The maximum atomic E-state index is 12.9. The van der Waals surface area contributed by atoms with E-state index in [0.717, 1.165) is 16.5 Å². The number of halogens is 1. The Labute approximate surface area is 179 Å². The van der Waals surface area contributed by atoms with Gasteiger partial charge in [0.15, 0.2) is 0 Å². The Kier molecular flexibility index (Phi) is 5.54. The minimum atomic E-state index is -1.40. The Bertz CT molecular complexity index is 1110. The molecule has 3 N–H and O–H groups in total. The number of carbonyl (C=O) groups is 2. The number of nitrogens with one attached hydrogen (secondary N) is 2. The molecule has 0 saturated carbocycles.